The van der Waals surface area contributed by atoms with Gasteiger partial charge in [-0.1, -0.05) is 23.2 Å². The predicted octanol–water partition coefficient (Wildman–Crippen LogP) is 5.32. The van der Waals surface area contributed by atoms with Crippen molar-refractivity contribution in [1.82, 2.24) is 4.57 Å². The van der Waals surface area contributed by atoms with Gasteiger partial charge in [-0.25, -0.2) is 4.79 Å². The summed E-state index contributed by atoms with van der Waals surface area (Å²) in [4.78, 5) is 24.8. The van der Waals surface area contributed by atoms with Crippen molar-refractivity contribution in [3.8, 4) is 0 Å². The Morgan fingerprint density at radius 3 is 2.56 bits per heavy atom. The molecule has 140 valence electrons. The largest absolute Gasteiger partial charge is 0.465 e. The number of carbonyl (C=O) groups is 2. The molecule has 0 spiro atoms. The van der Waals surface area contributed by atoms with Crippen molar-refractivity contribution in [2.24, 2.45) is 0 Å². The fourth-order valence-electron chi connectivity index (χ4n) is 3.16. The highest BCUT2D eigenvalue weighted by molar-refractivity contribution is 6.34. The molecular weight excluding hydrogens is 387 g/mol. The topological polar surface area (TPSA) is 60.3 Å². The van der Waals surface area contributed by atoms with Crippen LogP contribution in [0.4, 0.5) is 5.69 Å². The van der Waals surface area contributed by atoms with Gasteiger partial charge in [0.25, 0.3) is 5.91 Å². The molecule has 0 atom stereocenters. The van der Waals surface area contributed by atoms with Crippen LogP contribution in [0.25, 0.3) is 10.9 Å². The molecule has 27 heavy (non-hydrogen) atoms. The summed E-state index contributed by atoms with van der Waals surface area (Å²) in [5.41, 5.74) is 2.92. The van der Waals surface area contributed by atoms with Crippen LogP contribution in [-0.4, -0.2) is 23.6 Å². The number of esters is 1. The Morgan fingerprint density at radius 1 is 1.15 bits per heavy atom. The molecule has 0 unspecified atom stereocenters. The SMILES string of the molecule is CCn1c(C(=O)Nc2cc(C(=O)OC)ccc2Cl)c(C)c2cc(Cl)ccc21. The first kappa shape index (κ1) is 19.3. The molecule has 0 radical (unpaired) electrons. The van der Waals surface area contributed by atoms with Crippen LogP contribution in [0.1, 0.15) is 33.3 Å². The Balaban J connectivity index is 2.05. The summed E-state index contributed by atoms with van der Waals surface area (Å²) in [6, 6.07) is 10.1. The normalized spacial score (nSPS) is 10.9. The van der Waals surface area contributed by atoms with Crippen molar-refractivity contribution in [3.05, 3.63) is 63.3 Å². The summed E-state index contributed by atoms with van der Waals surface area (Å²) >= 11 is 12.3. The molecule has 0 saturated carbocycles. The Bertz CT molecular complexity index is 1060. The lowest BCUT2D eigenvalue weighted by atomic mass is 10.1. The molecule has 2 aromatic carbocycles. The van der Waals surface area contributed by atoms with E-state index in [-0.39, 0.29) is 5.91 Å². The summed E-state index contributed by atoms with van der Waals surface area (Å²) < 4.78 is 6.64. The number of ether oxygens (including phenoxy) is 1. The molecule has 3 aromatic rings. The molecular formula is C20H18Cl2N2O3. The van der Waals surface area contributed by atoms with Gasteiger partial charge in [0, 0.05) is 22.5 Å². The number of hydrogen-bond donors (Lipinski definition) is 1. The van der Waals surface area contributed by atoms with Gasteiger partial charge in [0.15, 0.2) is 0 Å². The number of fused-ring (bicyclic) bond motifs is 1. The zero-order valence-electron chi connectivity index (χ0n) is 15.1. The summed E-state index contributed by atoms with van der Waals surface area (Å²) in [6.07, 6.45) is 0. The van der Waals surface area contributed by atoms with Gasteiger partial charge in [-0.15, -0.1) is 0 Å². The van der Waals surface area contributed by atoms with Crippen molar-refractivity contribution in [2.45, 2.75) is 20.4 Å². The Labute approximate surface area is 166 Å². The lowest BCUT2D eigenvalue weighted by Gasteiger charge is -2.12. The smallest absolute Gasteiger partial charge is 0.337 e. The van der Waals surface area contributed by atoms with Crippen molar-refractivity contribution in [3.63, 3.8) is 0 Å². The predicted molar refractivity (Wildman–Crippen MR) is 108 cm³/mol. The zero-order valence-corrected chi connectivity index (χ0v) is 16.6. The van der Waals surface area contributed by atoms with Gasteiger partial charge in [0.2, 0.25) is 0 Å². The van der Waals surface area contributed by atoms with E-state index < -0.39 is 5.97 Å². The fraction of sp³-hybridized carbons (Fsp3) is 0.200. The van der Waals surface area contributed by atoms with Crippen LogP contribution >= 0.6 is 23.2 Å². The van der Waals surface area contributed by atoms with Crippen molar-refractivity contribution in [1.29, 1.82) is 0 Å². The van der Waals surface area contributed by atoms with Gasteiger partial charge in [-0.2, -0.15) is 0 Å². The van der Waals surface area contributed by atoms with Gasteiger partial charge < -0.3 is 14.6 Å². The van der Waals surface area contributed by atoms with E-state index in [1.165, 1.54) is 13.2 Å². The molecule has 7 heteroatoms. The fourth-order valence-corrected chi connectivity index (χ4v) is 3.50. The van der Waals surface area contributed by atoms with Gasteiger partial charge in [0.05, 0.1) is 23.4 Å². The number of hydrogen-bond acceptors (Lipinski definition) is 3. The molecule has 0 fully saturated rings. The summed E-state index contributed by atoms with van der Waals surface area (Å²) in [7, 11) is 1.30. The quantitative estimate of drug-likeness (QED) is 0.598. The first-order valence-corrected chi connectivity index (χ1v) is 9.10. The molecule has 1 heterocycles. The summed E-state index contributed by atoms with van der Waals surface area (Å²) in [6.45, 7) is 4.46. The number of anilines is 1. The van der Waals surface area contributed by atoms with Crippen LogP contribution in [0.3, 0.4) is 0 Å². The Kier molecular flexibility index (Phi) is 5.44. The zero-order chi connectivity index (χ0) is 19.7. The van der Waals surface area contributed by atoms with Crippen LogP contribution in [0.2, 0.25) is 10.0 Å². The highest BCUT2D eigenvalue weighted by Crippen LogP contribution is 2.30. The number of amides is 1. The molecule has 5 nitrogen and oxygen atoms in total. The number of nitrogens with zero attached hydrogens (tertiary/aromatic N) is 1. The third kappa shape index (κ3) is 3.53. The highest BCUT2D eigenvalue weighted by atomic mass is 35.5. The van der Waals surface area contributed by atoms with E-state index in [4.69, 9.17) is 27.9 Å². The molecule has 0 bridgehead atoms. The van der Waals surface area contributed by atoms with Crippen LogP contribution < -0.4 is 5.32 Å². The number of methoxy groups -OCH3 is 1. The van der Waals surface area contributed by atoms with E-state index in [9.17, 15) is 9.59 Å². The molecule has 3 rings (SSSR count). The number of benzene rings is 2. The average molecular weight is 405 g/mol. The maximum Gasteiger partial charge on any atom is 0.337 e. The van der Waals surface area contributed by atoms with Crippen LogP contribution in [0.5, 0.6) is 0 Å². The second kappa shape index (κ2) is 7.62. The third-order valence-electron chi connectivity index (χ3n) is 4.45. The van der Waals surface area contributed by atoms with Crippen LogP contribution in [0.15, 0.2) is 36.4 Å². The number of carbonyl (C=O) groups excluding carboxylic acids is 2. The van der Waals surface area contributed by atoms with E-state index in [1.54, 1.807) is 18.2 Å². The molecule has 1 N–H and O–H groups in total. The maximum atomic E-state index is 13.0. The maximum absolute atomic E-state index is 13.0. The van der Waals surface area contributed by atoms with Gasteiger partial charge in [-0.05, 0) is 55.8 Å². The minimum Gasteiger partial charge on any atom is -0.465 e. The second-order valence-electron chi connectivity index (χ2n) is 6.02. The molecule has 0 saturated heterocycles. The van der Waals surface area contributed by atoms with Crippen molar-refractivity contribution >= 4 is 51.7 Å². The summed E-state index contributed by atoms with van der Waals surface area (Å²) in [5, 5.41) is 4.67. The van der Waals surface area contributed by atoms with E-state index in [0.717, 1.165) is 16.5 Å². The van der Waals surface area contributed by atoms with Gasteiger partial charge >= 0.3 is 5.97 Å². The van der Waals surface area contributed by atoms with E-state index >= 15 is 0 Å². The molecule has 0 aliphatic carbocycles. The standard InChI is InChI=1S/C20H18Cl2N2O3/c1-4-24-17-8-6-13(21)10-14(17)11(2)18(24)19(25)23-16-9-12(20(26)27-3)5-7-15(16)22/h5-10H,4H2,1-3H3,(H,23,25). The Hall–Kier alpha value is -2.50. The molecule has 1 aromatic heterocycles. The van der Waals surface area contributed by atoms with Crippen molar-refractivity contribution in [2.75, 3.05) is 12.4 Å². The van der Waals surface area contributed by atoms with Gasteiger partial charge in [-0.3, -0.25) is 4.79 Å². The highest BCUT2D eigenvalue weighted by Gasteiger charge is 2.21. The van der Waals surface area contributed by atoms with E-state index in [2.05, 4.69) is 5.32 Å². The molecule has 0 aliphatic heterocycles. The first-order valence-electron chi connectivity index (χ1n) is 8.35. The average Bonchev–Trinajstić information content (AvgIpc) is 2.94. The van der Waals surface area contributed by atoms with Crippen molar-refractivity contribution < 1.29 is 14.3 Å². The monoisotopic (exact) mass is 404 g/mol. The molecule has 0 aliphatic rings. The van der Waals surface area contributed by atoms with Crippen LogP contribution in [0, 0.1) is 6.92 Å². The van der Waals surface area contributed by atoms with Gasteiger partial charge in [0.1, 0.15) is 5.69 Å². The van der Waals surface area contributed by atoms with Crippen LogP contribution in [-0.2, 0) is 11.3 Å². The molecule has 1 amide bonds. The number of rotatable bonds is 4. The number of halogens is 2. The lowest BCUT2D eigenvalue weighted by Crippen LogP contribution is -2.18. The first-order chi connectivity index (χ1) is 12.9. The second-order valence-corrected chi connectivity index (χ2v) is 6.86. The number of aryl methyl sites for hydroxylation is 2. The minimum absolute atomic E-state index is 0.303. The third-order valence-corrected chi connectivity index (χ3v) is 5.01. The number of nitrogens with one attached hydrogen (secondary N) is 1. The van der Waals surface area contributed by atoms with E-state index in [1.807, 2.05) is 30.5 Å². The number of aromatic nitrogens is 1. The van der Waals surface area contributed by atoms with E-state index in [0.29, 0.717) is 33.5 Å². The lowest BCUT2D eigenvalue weighted by molar-refractivity contribution is 0.0600. The minimum atomic E-state index is -0.504. The summed E-state index contributed by atoms with van der Waals surface area (Å²) in [5.74, 6) is -0.818. The Morgan fingerprint density at radius 2 is 1.89 bits per heavy atom.